The van der Waals surface area contributed by atoms with Gasteiger partial charge in [0.05, 0.1) is 30.6 Å². The minimum atomic E-state index is -0.357. The molecule has 26 heavy (non-hydrogen) atoms. The Bertz CT molecular complexity index is 880. The molecule has 2 bridgehead atoms. The van der Waals surface area contributed by atoms with Gasteiger partial charge in [-0.15, -0.1) is 0 Å². The van der Waals surface area contributed by atoms with Crippen LogP contribution in [0.5, 0.6) is 0 Å². The molecule has 3 aliphatic heterocycles. The molecule has 6 nitrogen and oxygen atoms in total. The second-order valence-electron chi connectivity index (χ2n) is 6.93. The van der Waals surface area contributed by atoms with Crippen LogP contribution in [-0.2, 0) is 20.9 Å². The highest BCUT2D eigenvalue weighted by Crippen LogP contribution is 2.49. The molecule has 4 heterocycles. The van der Waals surface area contributed by atoms with Gasteiger partial charge in [0.25, 0.3) is 0 Å². The van der Waals surface area contributed by atoms with Gasteiger partial charge in [-0.05, 0) is 25.0 Å². The number of halogens is 2. The largest absolute Gasteiger partial charge is 0.373 e. The smallest absolute Gasteiger partial charge is 0.241 e. The van der Waals surface area contributed by atoms with Crippen molar-refractivity contribution in [2.24, 2.45) is 11.8 Å². The van der Waals surface area contributed by atoms with Crippen molar-refractivity contribution in [3.05, 3.63) is 46.1 Å². The van der Waals surface area contributed by atoms with Gasteiger partial charge in [0.1, 0.15) is 0 Å². The highest BCUT2D eigenvalue weighted by molar-refractivity contribution is 6.36. The lowest BCUT2D eigenvalue weighted by molar-refractivity contribution is -0.124. The van der Waals surface area contributed by atoms with E-state index in [0.29, 0.717) is 22.4 Å². The van der Waals surface area contributed by atoms with Crippen LogP contribution in [0.4, 0.5) is 5.82 Å². The van der Waals surface area contributed by atoms with Crippen LogP contribution >= 0.6 is 23.2 Å². The highest BCUT2D eigenvalue weighted by Gasteiger charge is 2.63. The summed E-state index contributed by atoms with van der Waals surface area (Å²) in [6, 6.07) is 6.97. The van der Waals surface area contributed by atoms with Gasteiger partial charge in [0.15, 0.2) is 5.82 Å². The van der Waals surface area contributed by atoms with Crippen LogP contribution in [0.2, 0.25) is 10.0 Å². The first-order valence-corrected chi connectivity index (χ1v) is 9.30. The molecule has 4 atom stereocenters. The van der Waals surface area contributed by atoms with Gasteiger partial charge >= 0.3 is 0 Å². The zero-order chi connectivity index (χ0) is 18.0. The number of benzene rings is 1. The van der Waals surface area contributed by atoms with E-state index < -0.39 is 0 Å². The lowest BCUT2D eigenvalue weighted by Crippen LogP contribution is -2.34. The van der Waals surface area contributed by atoms with Gasteiger partial charge < -0.3 is 4.74 Å². The maximum atomic E-state index is 12.8. The number of hydrogen-bond acceptors (Lipinski definition) is 4. The molecule has 5 rings (SSSR count). The van der Waals surface area contributed by atoms with Gasteiger partial charge in [-0.25, -0.2) is 4.90 Å². The third-order valence-corrected chi connectivity index (χ3v) is 6.23. The number of amides is 2. The minimum absolute atomic E-state index is 0.129. The molecule has 2 aromatic rings. The zero-order valence-electron chi connectivity index (χ0n) is 13.6. The van der Waals surface area contributed by atoms with Gasteiger partial charge in [0.2, 0.25) is 11.8 Å². The molecular formula is C18H15Cl2N3O3. The summed E-state index contributed by atoms with van der Waals surface area (Å²) in [5, 5.41) is 5.51. The average Bonchev–Trinajstić information content (AvgIpc) is 3.36. The Morgan fingerprint density at radius 3 is 2.27 bits per heavy atom. The number of anilines is 1. The van der Waals surface area contributed by atoms with E-state index in [1.165, 1.54) is 4.90 Å². The van der Waals surface area contributed by atoms with Crippen LogP contribution in [0.25, 0.3) is 0 Å². The quantitative estimate of drug-likeness (QED) is 0.754. The van der Waals surface area contributed by atoms with Gasteiger partial charge in [0, 0.05) is 27.9 Å². The summed E-state index contributed by atoms with van der Waals surface area (Å²) in [5.41, 5.74) is 0.743. The Hall–Kier alpha value is -1.89. The van der Waals surface area contributed by atoms with E-state index in [-0.39, 0.29) is 35.9 Å². The molecule has 8 heteroatoms. The molecule has 0 unspecified atom stereocenters. The number of nitrogens with zero attached hydrogens (tertiary/aromatic N) is 3. The van der Waals surface area contributed by atoms with E-state index in [0.717, 1.165) is 18.4 Å². The molecule has 0 N–H and O–H groups in total. The molecule has 0 spiro atoms. The lowest BCUT2D eigenvalue weighted by Gasteiger charge is -2.15. The molecule has 3 fully saturated rings. The van der Waals surface area contributed by atoms with Gasteiger partial charge in [-0.3, -0.25) is 14.3 Å². The third-order valence-electron chi connectivity index (χ3n) is 5.52. The molecule has 134 valence electrons. The molecule has 3 saturated heterocycles. The normalized spacial score (nSPS) is 29.7. The van der Waals surface area contributed by atoms with E-state index in [9.17, 15) is 9.59 Å². The number of hydrogen-bond donors (Lipinski definition) is 0. The first kappa shape index (κ1) is 16.3. The Labute approximate surface area is 159 Å². The van der Waals surface area contributed by atoms with Crippen LogP contribution in [0.1, 0.15) is 18.4 Å². The lowest BCUT2D eigenvalue weighted by atomic mass is 9.81. The van der Waals surface area contributed by atoms with E-state index in [2.05, 4.69) is 5.10 Å². The monoisotopic (exact) mass is 391 g/mol. The summed E-state index contributed by atoms with van der Waals surface area (Å²) in [4.78, 5) is 26.8. The first-order chi connectivity index (χ1) is 12.5. The van der Waals surface area contributed by atoms with Crippen LogP contribution < -0.4 is 4.90 Å². The molecule has 1 aromatic carbocycles. The van der Waals surface area contributed by atoms with E-state index in [1.54, 1.807) is 35.1 Å². The fraction of sp³-hybridized carbons (Fsp3) is 0.389. The van der Waals surface area contributed by atoms with Crippen molar-refractivity contribution in [3.8, 4) is 0 Å². The molecule has 0 aliphatic carbocycles. The second-order valence-corrected chi connectivity index (χ2v) is 7.74. The summed E-state index contributed by atoms with van der Waals surface area (Å²) in [6.07, 6.45) is 3.15. The number of ether oxygens (including phenoxy) is 1. The van der Waals surface area contributed by atoms with Crippen molar-refractivity contribution >= 4 is 40.8 Å². The van der Waals surface area contributed by atoms with Crippen LogP contribution in [-0.4, -0.2) is 33.8 Å². The number of fused-ring (bicyclic) bond motifs is 5. The van der Waals surface area contributed by atoms with Crippen molar-refractivity contribution in [1.82, 2.24) is 9.78 Å². The maximum Gasteiger partial charge on any atom is 0.241 e. The Morgan fingerprint density at radius 2 is 1.65 bits per heavy atom. The molecule has 3 aliphatic rings. The summed E-state index contributed by atoms with van der Waals surface area (Å²) in [7, 11) is 0. The number of carbonyl (C=O) groups excluding carboxylic acids is 2. The summed E-state index contributed by atoms with van der Waals surface area (Å²) < 4.78 is 7.38. The first-order valence-electron chi connectivity index (χ1n) is 8.54. The van der Waals surface area contributed by atoms with E-state index in [4.69, 9.17) is 27.9 Å². The highest BCUT2D eigenvalue weighted by atomic mass is 35.5. The second kappa shape index (κ2) is 5.81. The standard InChI is InChI=1S/C18H15Cl2N3O3/c19-10-2-1-3-11(20)9(10)8-22-7-6-14(21-22)23-17(24)15-12-4-5-13(26-12)16(15)18(23)25/h1-3,6-7,12-13,15-16H,4-5,8H2/t12-,13-,15-,16-/m0/s1. The Kier molecular flexibility index (Phi) is 3.64. The van der Waals surface area contributed by atoms with Crippen molar-refractivity contribution in [2.45, 2.75) is 31.6 Å². The number of carbonyl (C=O) groups is 2. The number of rotatable bonds is 3. The maximum absolute atomic E-state index is 12.8. The molecule has 0 saturated carbocycles. The molecule has 2 amide bonds. The van der Waals surface area contributed by atoms with Crippen LogP contribution in [0.15, 0.2) is 30.5 Å². The predicted molar refractivity (Wildman–Crippen MR) is 95.2 cm³/mol. The summed E-state index contributed by atoms with van der Waals surface area (Å²) in [6.45, 7) is 0.357. The topological polar surface area (TPSA) is 64.4 Å². The van der Waals surface area contributed by atoms with Crippen molar-refractivity contribution in [3.63, 3.8) is 0 Å². The van der Waals surface area contributed by atoms with Gasteiger partial charge in [-0.1, -0.05) is 29.3 Å². The predicted octanol–water partition coefficient (Wildman–Crippen LogP) is 2.91. The van der Waals surface area contributed by atoms with Crippen LogP contribution in [0.3, 0.4) is 0 Å². The van der Waals surface area contributed by atoms with Crippen LogP contribution in [0, 0.1) is 11.8 Å². The van der Waals surface area contributed by atoms with E-state index >= 15 is 0 Å². The van der Waals surface area contributed by atoms with Crippen molar-refractivity contribution < 1.29 is 14.3 Å². The average molecular weight is 392 g/mol. The SMILES string of the molecule is O=C1[C@@H]2[C@@H](C(=O)N1c1ccn(Cc3c(Cl)cccc3Cl)n1)[C@@H]1CC[C@@H]2O1. The molecular weight excluding hydrogens is 377 g/mol. The fourth-order valence-electron chi connectivity index (χ4n) is 4.34. The fourth-order valence-corrected chi connectivity index (χ4v) is 4.86. The Balaban J connectivity index is 1.42. The van der Waals surface area contributed by atoms with Gasteiger partial charge in [-0.2, -0.15) is 5.10 Å². The molecule has 1 aromatic heterocycles. The Morgan fingerprint density at radius 1 is 1.04 bits per heavy atom. The summed E-state index contributed by atoms with van der Waals surface area (Å²) in [5.74, 6) is -0.771. The number of aromatic nitrogens is 2. The molecule has 0 radical (unpaired) electrons. The van der Waals surface area contributed by atoms with Crippen molar-refractivity contribution in [2.75, 3.05) is 4.90 Å². The zero-order valence-corrected chi connectivity index (χ0v) is 15.2. The number of imide groups is 1. The minimum Gasteiger partial charge on any atom is -0.373 e. The third kappa shape index (κ3) is 2.25. The van der Waals surface area contributed by atoms with E-state index in [1.807, 2.05) is 0 Å². The van der Waals surface area contributed by atoms with Crippen molar-refractivity contribution in [1.29, 1.82) is 0 Å². The summed E-state index contributed by atoms with van der Waals surface area (Å²) >= 11 is 12.4.